The highest BCUT2D eigenvalue weighted by Gasteiger charge is 2.17. The number of furan rings is 1. The highest BCUT2D eigenvalue weighted by molar-refractivity contribution is 5.83. The van der Waals surface area contributed by atoms with Gasteiger partial charge >= 0.3 is 0 Å². The van der Waals surface area contributed by atoms with E-state index in [0.29, 0.717) is 6.61 Å². The van der Waals surface area contributed by atoms with Gasteiger partial charge in [-0.15, -0.1) is 0 Å². The van der Waals surface area contributed by atoms with Crippen molar-refractivity contribution in [2.75, 3.05) is 27.4 Å². The van der Waals surface area contributed by atoms with Crippen LogP contribution in [0.3, 0.4) is 0 Å². The largest absolute Gasteiger partial charge is 0.493 e. The fraction of sp³-hybridized carbons (Fsp3) is 0.467. The van der Waals surface area contributed by atoms with E-state index in [2.05, 4.69) is 5.32 Å². The van der Waals surface area contributed by atoms with Gasteiger partial charge in [-0.25, -0.2) is 0 Å². The summed E-state index contributed by atoms with van der Waals surface area (Å²) in [7, 11) is 3.24. The summed E-state index contributed by atoms with van der Waals surface area (Å²) in [6, 6.07) is 7.62. The Bertz CT molecular complexity index is 552. The molecule has 2 rings (SSSR count). The topological polar surface area (TPSA) is 63.9 Å². The molecular formula is C15H21NO4. The second-order valence-corrected chi connectivity index (χ2v) is 4.75. The van der Waals surface area contributed by atoms with Gasteiger partial charge in [0.1, 0.15) is 5.76 Å². The number of aliphatic hydroxyl groups excluding tert-OH is 1. The third kappa shape index (κ3) is 3.12. The molecule has 1 aromatic heterocycles. The van der Waals surface area contributed by atoms with Crippen LogP contribution in [0.1, 0.15) is 18.7 Å². The molecule has 2 N–H and O–H groups in total. The zero-order valence-electron chi connectivity index (χ0n) is 12.1. The average molecular weight is 279 g/mol. The van der Waals surface area contributed by atoms with Crippen molar-refractivity contribution in [2.24, 2.45) is 0 Å². The molecule has 2 unspecified atom stereocenters. The van der Waals surface area contributed by atoms with Crippen LogP contribution in [0.15, 0.2) is 28.7 Å². The molecule has 0 spiro atoms. The minimum absolute atomic E-state index is 0.0156. The maximum absolute atomic E-state index is 9.28. The molecule has 0 bridgehead atoms. The van der Waals surface area contributed by atoms with Gasteiger partial charge < -0.3 is 24.3 Å². The lowest BCUT2D eigenvalue weighted by Gasteiger charge is -2.19. The average Bonchev–Trinajstić information content (AvgIpc) is 2.90. The van der Waals surface area contributed by atoms with E-state index >= 15 is 0 Å². The van der Waals surface area contributed by atoms with E-state index in [1.165, 1.54) is 0 Å². The van der Waals surface area contributed by atoms with Crippen molar-refractivity contribution < 1.29 is 19.0 Å². The molecule has 0 saturated heterocycles. The minimum Gasteiger partial charge on any atom is -0.493 e. The molecule has 0 saturated carbocycles. The smallest absolute Gasteiger partial charge is 0.176 e. The molecule has 1 heterocycles. The zero-order valence-corrected chi connectivity index (χ0v) is 12.1. The molecule has 5 heteroatoms. The number of methoxy groups -OCH3 is 2. The Morgan fingerprint density at radius 2 is 2.15 bits per heavy atom. The minimum atomic E-state index is -0.120. The third-order valence-electron chi connectivity index (χ3n) is 3.25. The first-order valence-electron chi connectivity index (χ1n) is 6.62. The lowest BCUT2D eigenvalue weighted by molar-refractivity contribution is 0.121. The quantitative estimate of drug-likeness (QED) is 0.812. The van der Waals surface area contributed by atoms with Crippen molar-refractivity contribution in [3.8, 4) is 5.75 Å². The van der Waals surface area contributed by atoms with Crippen molar-refractivity contribution in [3.05, 3.63) is 30.0 Å². The first-order chi connectivity index (χ1) is 9.69. The Balaban J connectivity index is 2.20. The molecule has 5 nitrogen and oxygen atoms in total. The first kappa shape index (κ1) is 14.8. The molecule has 2 aromatic rings. The van der Waals surface area contributed by atoms with E-state index in [1.807, 2.05) is 31.2 Å². The fourth-order valence-corrected chi connectivity index (χ4v) is 2.22. The van der Waals surface area contributed by atoms with Gasteiger partial charge in [0.2, 0.25) is 0 Å². The number of nitrogens with one attached hydrogen (secondary N) is 1. The van der Waals surface area contributed by atoms with Gasteiger partial charge in [0.15, 0.2) is 11.3 Å². The normalized spacial score (nSPS) is 14.4. The van der Waals surface area contributed by atoms with Gasteiger partial charge in [-0.3, -0.25) is 0 Å². The van der Waals surface area contributed by atoms with Crippen LogP contribution in [0.25, 0.3) is 11.0 Å². The molecule has 1 aromatic carbocycles. The molecule has 2 atom stereocenters. The standard InChI is InChI=1S/C15H21NO4/c1-10(16-12(8-17)9-18-2)14-7-11-5-4-6-13(19-3)15(11)20-14/h4-7,10,12,16-17H,8-9H2,1-3H3. The van der Waals surface area contributed by atoms with Gasteiger partial charge in [0.25, 0.3) is 0 Å². The van der Waals surface area contributed by atoms with Crippen LogP contribution in [-0.4, -0.2) is 38.6 Å². The Kier molecular flexibility index (Phi) is 5.00. The molecular weight excluding hydrogens is 258 g/mol. The Morgan fingerprint density at radius 3 is 2.80 bits per heavy atom. The van der Waals surface area contributed by atoms with Gasteiger partial charge in [0, 0.05) is 12.5 Å². The number of rotatable bonds is 7. The predicted octanol–water partition coefficient (Wildman–Crippen LogP) is 2.10. The fourth-order valence-electron chi connectivity index (χ4n) is 2.22. The summed E-state index contributed by atoms with van der Waals surface area (Å²) >= 11 is 0. The van der Waals surface area contributed by atoms with Crippen molar-refractivity contribution >= 4 is 11.0 Å². The van der Waals surface area contributed by atoms with Crippen molar-refractivity contribution in [2.45, 2.75) is 19.0 Å². The van der Waals surface area contributed by atoms with Crippen LogP contribution >= 0.6 is 0 Å². The van der Waals surface area contributed by atoms with Crippen LogP contribution in [0.5, 0.6) is 5.75 Å². The Hall–Kier alpha value is -1.56. The van der Waals surface area contributed by atoms with E-state index in [0.717, 1.165) is 22.5 Å². The summed E-state index contributed by atoms with van der Waals surface area (Å²) < 4.78 is 16.2. The van der Waals surface area contributed by atoms with E-state index in [-0.39, 0.29) is 18.7 Å². The number of hydrogen-bond acceptors (Lipinski definition) is 5. The Labute approximate surface area is 118 Å². The third-order valence-corrected chi connectivity index (χ3v) is 3.25. The summed E-state index contributed by atoms with van der Waals surface area (Å²) in [6.07, 6.45) is 0. The molecule has 0 radical (unpaired) electrons. The second kappa shape index (κ2) is 6.74. The second-order valence-electron chi connectivity index (χ2n) is 4.75. The number of fused-ring (bicyclic) bond motifs is 1. The number of para-hydroxylation sites is 1. The highest BCUT2D eigenvalue weighted by atomic mass is 16.5. The first-order valence-corrected chi connectivity index (χ1v) is 6.62. The summed E-state index contributed by atoms with van der Waals surface area (Å²) in [5, 5.41) is 13.6. The van der Waals surface area contributed by atoms with Gasteiger partial charge in [-0.1, -0.05) is 12.1 Å². The highest BCUT2D eigenvalue weighted by Crippen LogP contribution is 2.30. The summed E-state index contributed by atoms with van der Waals surface area (Å²) in [5.41, 5.74) is 0.742. The predicted molar refractivity (Wildman–Crippen MR) is 77.1 cm³/mol. The number of hydrogen-bond donors (Lipinski definition) is 2. The number of benzene rings is 1. The summed E-state index contributed by atoms with van der Waals surface area (Å²) in [4.78, 5) is 0. The van der Waals surface area contributed by atoms with Crippen LogP contribution < -0.4 is 10.1 Å². The monoisotopic (exact) mass is 279 g/mol. The molecule has 20 heavy (non-hydrogen) atoms. The van der Waals surface area contributed by atoms with Crippen LogP contribution in [-0.2, 0) is 4.74 Å². The van der Waals surface area contributed by atoms with Crippen LogP contribution in [0, 0.1) is 0 Å². The Morgan fingerprint density at radius 1 is 1.35 bits per heavy atom. The maximum Gasteiger partial charge on any atom is 0.176 e. The molecule has 0 amide bonds. The zero-order chi connectivity index (χ0) is 14.5. The van der Waals surface area contributed by atoms with Crippen LogP contribution in [0.4, 0.5) is 0 Å². The van der Waals surface area contributed by atoms with E-state index in [1.54, 1.807) is 14.2 Å². The van der Waals surface area contributed by atoms with Crippen LogP contribution in [0.2, 0.25) is 0 Å². The molecule has 110 valence electrons. The molecule has 0 fully saturated rings. The van der Waals surface area contributed by atoms with Gasteiger partial charge in [-0.2, -0.15) is 0 Å². The summed E-state index contributed by atoms with van der Waals surface area (Å²) in [6.45, 7) is 2.45. The molecule has 0 aliphatic rings. The van der Waals surface area contributed by atoms with Gasteiger partial charge in [-0.05, 0) is 19.1 Å². The summed E-state index contributed by atoms with van der Waals surface area (Å²) in [5.74, 6) is 1.52. The maximum atomic E-state index is 9.28. The molecule has 0 aliphatic heterocycles. The van der Waals surface area contributed by atoms with E-state index in [9.17, 15) is 5.11 Å². The lowest BCUT2D eigenvalue weighted by Crippen LogP contribution is -2.37. The van der Waals surface area contributed by atoms with Crippen molar-refractivity contribution in [3.63, 3.8) is 0 Å². The number of ether oxygens (including phenoxy) is 2. The van der Waals surface area contributed by atoms with Gasteiger partial charge in [0.05, 0.1) is 32.4 Å². The number of aliphatic hydroxyl groups is 1. The SMILES string of the molecule is COCC(CO)NC(C)c1cc2cccc(OC)c2o1. The molecule has 0 aliphatic carbocycles. The van der Waals surface area contributed by atoms with Crippen molar-refractivity contribution in [1.29, 1.82) is 0 Å². The van der Waals surface area contributed by atoms with Crippen molar-refractivity contribution in [1.82, 2.24) is 5.32 Å². The lowest BCUT2D eigenvalue weighted by atomic mass is 10.2. The van der Waals surface area contributed by atoms with E-state index in [4.69, 9.17) is 13.9 Å². The van der Waals surface area contributed by atoms with E-state index < -0.39 is 0 Å².